The van der Waals surface area contributed by atoms with Gasteiger partial charge in [-0.15, -0.1) is 10.2 Å². The van der Waals surface area contributed by atoms with Gasteiger partial charge in [-0.05, 0) is 32.0 Å². The maximum atomic E-state index is 13.1. The molecule has 0 unspecified atom stereocenters. The normalized spacial score (nSPS) is 10.8. The summed E-state index contributed by atoms with van der Waals surface area (Å²) in [5.74, 6) is 0.712. The number of hydrogen-bond donors (Lipinski definition) is 1. The van der Waals surface area contributed by atoms with Crippen molar-refractivity contribution in [1.82, 2.24) is 35.1 Å². The van der Waals surface area contributed by atoms with E-state index in [-0.39, 0.29) is 5.91 Å². The quantitative estimate of drug-likeness (QED) is 0.359. The molecule has 0 atom stereocenters. The fraction of sp³-hybridized carbons (Fsp3) is 0.148. The van der Waals surface area contributed by atoms with Gasteiger partial charge in [0.25, 0.3) is 5.91 Å². The molecule has 36 heavy (non-hydrogen) atoms. The fourth-order valence-corrected chi connectivity index (χ4v) is 3.88. The highest BCUT2D eigenvalue weighted by atomic mass is 16.5. The molecule has 180 valence electrons. The van der Waals surface area contributed by atoms with Crippen molar-refractivity contribution >= 4 is 5.91 Å². The predicted molar refractivity (Wildman–Crippen MR) is 135 cm³/mol. The molecule has 5 rings (SSSR count). The molecule has 0 saturated heterocycles. The summed E-state index contributed by atoms with van der Waals surface area (Å²) in [6.07, 6.45) is 3.48. The largest absolute Gasteiger partial charge is 0.477 e. The zero-order valence-electron chi connectivity index (χ0n) is 20.0. The monoisotopic (exact) mass is 479 g/mol. The topological polar surface area (TPSA) is 99.8 Å². The number of aromatic nitrogens is 6. The lowest BCUT2D eigenvalue weighted by molar-refractivity contribution is 0.0950. The first kappa shape index (κ1) is 23.0. The molecule has 1 N–H and O–H groups in total. The highest BCUT2D eigenvalue weighted by Crippen LogP contribution is 2.24. The molecule has 0 spiro atoms. The number of benzene rings is 2. The summed E-state index contributed by atoms with van der Waals surface area (Å²) in [7, 11) is 0. The molecule has 2 aromatic carbocycles. The van der Waals surface area contributed by atoms with Gasteiger partial charge in [-0.25, -0.2) is 9.36 Å². The second-order valence-corrected chi connectivity index (χ2v) is 8.05. The third kappa shape index (κ3) is 4.72. The van der Waals surface area contributed by atoms with Crippen LogP contribution in [0.2, 0.25) is 0 Å². The number of rotatable bonds is 8. The molecule has 5 aromatic rings. The van der Waals surface area contributed by atoms with Crippen LogP contribution in [0.5, 0.6) is 5.88 Å². The van der Waals surface area contributed by atoms with E-state index in [1.807, 2.05) is 85.4 Å². The first-order chi connectivity index (χ1) is 17.6. The molecule has 0 saturated carbocycles. The van der Waals surface area contributed by atoms with E-state index >= 15 is 0 Å². The van der Waals surface area contributed by atoms with Crippen molar-refractivity contribution in [1.29, 1.82) is 0 Å². The number of ether oxygens (including phenoxy) is 1. The number of nitrogens with one attached hydrogen (secondary N) is 1. The summed E-state index contributed by atoms with van der Waals surface area (Å²) < 4.78 is 8.76. The molecule has 0 aliphatic rings. The third-order valence-electron chi connectivity index (χ3n) is 5.69. The lowest BCUT2D eigenvalue weighted by atomic mass is 10.1. The summed E-state index contributed by atoms with van der Waals surface area (Å²) in [6, 6.07) is 23.3. The van der Waals surface area contributed by atoms with Crippen LogP contribution >= 0.6 is 0 Å². The van der Waals surface area contributed by atoms with E-state index in [0.29, 0.717) is 36.1 Å². The van der Waals surface area contributed by atoms with Crippen LogP contribution in [0.1, 0.15) is 28.5 Å². The minimum absolute atomic E-state index is 0.232. The van der Waals surface area contributed by atoms with Crippen molar-refractivity contribution in [3.05, 3.63) is 102 Å². The van der Waals surface area contributed by atoms with Gasteiger partial charge < -0.3 is 10.1 Å². The summed E-state index contributed by atoms with van der Waals surface area (Å²) in [6.45, 7) is 4.52. The molecule has 0 aliphatic carbocycles. The van der Waals surface area contributed by atoms with Gasteiger partial charge in [0, 0.05) is 29.9 Å². The maximum absolute atomic E-state index is 13.1. The average Bonchev–Trinajstić information content (AvgIpc) is 3.53. The third-order valence-corrected chi connectivity index (χ3v) is 5.69. The summed E-state index contributed by atoms with van der Waals surface area (Å²) in [5.41, 5.74) is 4.77. The van der Waals surface area contributed by atoms with Crippen LogP contribution in [0.25, 0.3) is 22.8 Å². The van der Waals surface area contributed by atoms with Crippen LogP contribution < -0.4 is 10.1 Å². The minimum atomic E-state index is -0.232. The molecular formula is C27H25N7O2. The molecule has 0 aliphatic heterocycles. The Morgan fingerprint density at radius 1 is 0.972 bits per heavy atom. The van der Waals surface area contributed by atoms with Crippen molar-refractivity contribution in [2.24, 2.45) is 0 Å². The molecular weight excluding hydrogens is 454 g/mol. The van der Waals surface area contributed by atoms with E-state index in [1.165, 1.54) is 6.20 Å². The van der Waals surface area contributed by atoms with E-state index in [4.69, 9.17) is 9.84 Å². The van der Waals surface area contributed by atoms with E-state index in [1.54, 1.807) is 16.8 Å². The van der Waals surface area contributed by atoms with Crippen LogP contribution in [0.3, 0.4) is 0 Å². The molecule has 1 amide bonds. The standard InChI is InChI=1S/C27H25N7O2/c1-3-36-25-15-14-24(30-31-25)34-19(2)23(17-29-34)27(35)28-16-21-18-33(22-12-8-5-9-13-22)32-26(21)20-10-6-4-7-11-20/h4-15,17-18H,3,16H2,1-2H3,(H,28,35). The highest BCUT2D eigenvalue weighted by molar-refractivity contribution is 5.95. The minimum Gasteiger partial charge on any atom is -0.477 e. The first-order valence-corrected chi connectivity index (χ1v) is 11.6. The van der Waals surface area contributed by atoms with Crippen LogP contribution in [0.15, 0.2) is 85.2 Å². The van der Waals surface area contributed by atoms with Gasteiger partial charge in [0.2, 0.25) is 5.88 Å². The Morgan fingerprint density at radius 3 is 2.42 bits per heavy atom. The van der Waals surface area contributed by atoms with Crippen molar-refractivity contribution in [3.63, 3.8) is 0 Å². The van der Waals surface area contributed by atoms with Crippen molar-refractivity contribution < 1.29 is 9.53 Å². The predicted octanol–water partition coefficient (Wildman–Crippen LogP) is 4.15. The number of para-hydroxylation sites is 1. The molecule has 3 aromatic heterocycles. The highest BCUT2D eigenvalue weighted by Gasteiger charge is 2.18. The Bertz CT molecular complexity index is 1460. The van der Waals surface area contributed by atoms with Crippen molar-refractivity contribution in [2.75, 3.05) is 6.61 Å². The van der Waals surface area contributed by atoms with Gasteiger partial charge in [-0.1, -0.05) is 48.5 Å². The molecule has 0 radical (unpaired) electrons. The molecule has 3 heterocycles. The zero-order valence-corrected chi connectivity index (χ0v) is 20.0. The van der Waals surface area contributed by atoms with Gasteiger partial charge in [0.1, 0.15) is 0 Å². The molecule has 0 bridgehead atoms. The summed E-state index contributed by atoms with van der Waals surface area (Å²) in [4.78, 5) is 13.1. The number of hydrogen-bond acceptors (Lipinski definition) is 6. The van der Waals surface area contributed by atoms with Crippen LogP contribution in [-0.2, 0) is 6.54 Å². The lowest BCUT2D eigenvalue weighted by Crippen LogP contribution is -2.23. The fourth-order valence-electron chi connectivity index (χ4n) is 3.88. The number of nitrogens with zero attached hydrogens (tertiary/aromatic N) is 6. The Kier molecular flexibility index (Phi) is 6.53. The smallest absolute Gasteiger partial charge is 0.255 e. The maximum Gasteiger partial charge on any atom is 0.255 e. The van der Waals surface area contributed by atoms with E-state index < -0.39 is 0 Å². The Hall–Kier alpha value is -4.79. The molecule has 0 fully saturated rings. The van der Waals surface area contributed by atoms with Gasteiger partial charge >= 0.3 is 0 Å². The second kappa shape index (κ2) is 10.2. The van der Waals surface area contributed by atoms with Crippen molar-refractivity contribution in [3.8, 4) is 28.6 Å². The van der Waals surface area contributed by atoms with E-state index in [0.717, 1.165) is 22.5 Å². The van der Waals surface area contributed by atoms with Crippen LogP contribution in [0, 0.1) is 6.92 Å². The number of carbonyl (C=O) groups excluding carboxylic acids is 1. The Labute approximate surface area is 208 Å². The van der Waals surface area contributed by atoms with Crippen LogP contribution in [-0.4, -0.2) is 42.3 Å². The average molecular weight is 480 g/mol. The summed E-state index contributed by atoms with van der Waals surface area (Å²) in [5, 5.41) is 20.4. The Morgan fingerprint density at radius 2 is 1.72 bits per heavy atom. The van der Waals surface area contributed by atoms with E-state index in [2.05, 4.69) is 20.6 Å². The van der Waals surface area contributed by atoms with Gasteiger partial charge in [-0.3, -0.25) is 4.79 Å². The molecule has 9 nitrogen and oxygen atoms in total. The lowest BCUT2D eigenvalue weighted by Gasteiger charge is -2.07. The Balaban J connectivity index is 1.37. The van der Waals surface area contributed by atoms with E-state index in [9.17, 15) is 4.79 Å². The van der Waals surface area contributed by atoms with Gasteiger partial charge in [0.05, 0.1) is 35.4 Å². The SMILES string of the molecule is CCOc1ccc(-n2ncc(C(=O)NCc3cn(-c4ccccc4)nc3-c3ccccc3)c2C)nn1. The van der Waals surface area contributed by atoms with Crippen molar-refractivity contribution in [2.45, 2.75) is 20.4 Å². The van der Waals surface area contributed by atoms with Gasteiger partial charge in [-0.2, -0.15) is 10.2 Å². The first-order valence-electron chi connectivity index (χ1n) is 11.6. The second-order valence-electron chi connectivity index (χ2n) is 8.05. The zero-order chi connectivity index (χ0) is 24.9. The van der Waals surface area contributed by atoms with Gasteiger partial charge in [0.15, 0.2) is 5.82 Å². The van der Waals surface area contributed by atoms with Crippen LogP contribution in [0.4, 0.5) is 0 Å². The number of amides is 1. The summed E-state index contributed by atoms with van der Waals surface area (Å²) >= 11 is 0. The molecule has 9 heteroatoms. The number of carbonyl (C=O) groups is 1.